The fourth-order valence-corrected chi connectivity index (χ4v) is 3.88. The molecule has 0 N–H and O–H groups in total. The minimum absolute atomic E-state index is 0.825. The summed E-state index contributed by atoms with van der Waals surface area (Å²) in [5.41, 5.74) is 3.30. The third kappa shape index (κ3) is 3.78. The van der Waals surface area contributed by atoms with E-state index in [2.05, 4.69) is 39.3 Å². The lowest BCUT2D eigenvalue weighted by molar-refractivity contribution is 0.0359. The zero-order chi connectivity index (χ0) is 17.1. The van der Waals surface area contributed by atoms with Crippen molar-refractivity contribution < 1.29 is 4.74 Å². The molecule has 0 spiro atoms. The largest absolute Gasteiger partial charge is 0.379 e. The number of ether oxygens (including phenoxy) is 1. The number of thiazole rings is 1. The summed E-state index contributed by atoms with van der Waals surface area (Å²) < 4.78 is 7.29. The Balaban J connectivity index is 1.44. The Labute approximate surface area is 151 Å². The van der Waals surface area contributed by atoms with Gasteiger partial charge >= 0.3 is 0 Å². The molecule has 7 heteroatoms. The van der Waals surface area contributed by atoms with Gasteiger partial charge in [0, 0.05) is 31.4 Å². The second kappa shape index (κ2) is 7.43. The molecule has 1 saturated heterocycles. The molecule has 1 aromatic carbocycles. The summed E-state index contributed by atoms with van der Waals surface area (Å²) in [5.74, 6) is 0. The summed E-state index contributed by atoms with van der Waals surface area (Å²) >= 11 is 1.66. The Morgan fingerprint density at radius 3 is 2.84 bits per heavy atom. The quantitative estimate of drug-likeness (QED) is 0.704. The molecule has 0 unspecified atom stereocenters. The molecule has 2 aromatic heterocycles. The van der Waals surface area contributed by atoms with E-state index in [0.717, 1.165) is 55.0 Å². The van der Waals surface area contributed by atoms with E-state index in [0.29, 0.717) is 0 Å². The highest BCUT2D eigenvalue weighted by Crippen LogP contribution is 2.32. The molecule has 1 fully saturated rings. The number of hydrogen-bond donors (Lipinski definition) is 0. The lowest BCUT2D eigenvalue weighted by Gasteiger charge is -2.26. The maximum Gasteiger partial charge on any atom is 0.124 e. The Kier molecular flexibility index (Phi) is 4.87. The first kappa shape index (κ1) is 16.4. The van der Waals surface area contributed by atoms with Crippen LogP contribution in [-0.2, 0) is 11.3 Å². The molecule has 6 nitrogen and oxygen atoms in total. The predicted molar refractivity (Wildman–Crippen MR) is 98.6 cm³/mol. The standard InChI is InChI=1S/C18H21N5OS/c1-14-4-2-3-5-15(14)18-19-12-17(25-18)16-13-23(21-20-16)7-6-22-8-10-24-11-9-22/h2-5,12-13H,6-11H2,1H3. The Bertz CT molecular complexity index is 837. The zero-order valence-corrected chi connectivity index (χ0v) is 15.1. The number of aromatic nitrogens is 4. The van der Waals surface area contributed by atoms with Gasteiger partial charge in [0.15, 0.2) is 0 Å². The second-order valence-electron chi connectivity index (χ2n) is 6.17. The zero-order valence-electron chi connectivity index (χ0n) is 14.3. The van der Waals surface area contributed by atoms with E-state index in [4.69, 9.17) is 4.74 Å². The molecule has 0 radical (unpaired) electrons. The highest BCUT2D eigenvalue weighted by Gasteiger charge is 2.13. The number of aryl methyl sites for hydroxylation is 1. The maximum absolute atomic E-state index is 5.38. The molecule has 0 atom stereocenters. The van der Waals surface area contributed by atoms with E-state index in [1.165, 1.54) is 11.1 Å². The number of hydrogen-bond acceptors (Lipinski definition) is 6. The first-order valence-electron chi connectivity index (χ1n) is 8.52. The summed E-state index contributed by atoms with van der Waals surface area (Å²) in [5, 5.41) is 9.61. The second-order valence-corrected chi connectivity index (χ2v) is 7.20. The normalized spacial score (nSPS) is 15.6. The van der Waals surface area contributed by atoms with Gasteiger partial charge in [0.25, 0.3) is 0 Å². The van der Waals surface area contributed by atoms with Gasteiger partial charge in [0.2, 0.25) is 0 Å². The summed E-state index contributed by atoms with van der Waals surface area (Å²) in [4.78, 5) is 8.02. The SMILES string of the molecule is Cc1ccccc1-c1ncc(-c2cn(CCN3CCOCC3)nn2)s1. The molecule has 0 aliphatic carbocycles. The number of rotatable bonds is 5. The number of benzene rings is 1. The fraction of sp³-hybridized carbons (Fsp3) is 0.389. The van der Waals surface area contributed by atoms with E-state index in [-0.39, 0.29) is 0 Å². The van der Waals surface area contributed by atoms with E-state index in [9.17, 15) is 0 Å². The average Bonchev–Trinajstić information content (AvgIpc) is 3.31. The summed E-state index contributed by atoms with van der Waals surface area (Å²) in [6, 6.07) is 8.31. The summed E-state index contributed by atoms with van der Waals surface area (Å²) in [6.07, 6.45) is 3.90. The predicted octanol–water partition coefficient (Wildman–Crippen LogP) is 2.71. The van der Waals surface area contributed by atoms with Crippen LogP contribution in [0.25, 0.3) is 21.1 Å². The van der Waals surface area contributed by atoms with Crippen molar-refractivity contribution in [2.75, 3.05) is 32.8 Å². The van der Waals surface area contributed by atoms with Crippen LogP contribution in [0.5, 0.6) is 0 Å². The van der Waals surface area contributed by atoms with Gasteiger partial charge in [-0.15, -0.1) is 16.4 Å². The fourth-order valence-electron chi connectivity index (χ4n) is 2.92. The van der Waals surface area contributed by atoms with Crippen LogP contribution in [0.3, 0.4) is 0 Å². The van der Waals surface area contributed by atoms with E-state index in [1.807, 2.05) is 29.2 Å². The molecule has 1 aliphatic heterocycles. The first-order chi connectivity index (χ1) is 12.3. The van der Waals surface area contributed by atoms with E-state index < -0.39 is 0 Å². The topological polar surface area (TPSA) is 56.1 Å². The minimum Gasteiger partial charge on any atom is -0.379 e. The molecule has 3 aromatic rings. The molecular formula is C18H21N5OS. The maximum atomic E-state index is 5.38. The number of morpholine rings is 1. The van der Waals surface area contributed by atoms with E-state index in [1.54, 1.807) is 11.3 Å². The van der Waals surface area contributed by atoms with Crippen molar-refractivity contribution in [3.63, 3.8) is 0 Å². The molecule has 0 bridgehead atoms. The van der Waals surface area contributed by atoms with Gasteiger partial charge in [-0.1, -0.05) is 29.5 Å². The van der Waals surface area contributed by atoms with Crippen LogP contribution in [0.15, 0.2) is 36.7 Å². The van der Waals surface area contributed by atoms with Crippen molar-refractivity contribution in [1.82, 2.24) is 24.9 Å². The van der Waals surface area contributed by atoms with Crippen LogP contribution >= 0.6 is 11.3 Å². The van der Waals surface area contributed by atoms with Crippen LogP contribution in [0.2, 0.25) is 0 Å². The third-order valence-corrected chi connectivity index (χ3v) is 5.47. The Hall–Kier alpha value is -2.09. The van der Waals surface area contributed by atoms with Gasteiger partial charge in [0.05, 0.1) is 30.8 Å². The molecular weight excluding hydrogens is 334 g/mol. The van der Waals surface area contributed by atoms with Crippen LogP contribution in [0.4, 0.5) is 0 Å². The lowest BCUT2D eigenvalue weighted by Crippen LogP contribution is -2.38. The average molecular weight is 355 g/mol. The van der Waals surface area contributed by atoms with Crippen LogP contribution < -0.4 is 0 Å². The lowest BCUT2D eigenvalue weighted by atomic mass is 10.1. The van der Waals surface area contributed by atoms with Crippen molar-refractivity contribution in [2.45, 2.75) is 13.5 Å². The molecule has 0 saturated carbocycles. The minimum atomic E-state index is 0.825. The van der Waals surface area contributed by atoms with E-state index >= 15 is 0 Å². The van der Waals surface area contributed by atoms with Crippen LogP contribution in [-0.4, -0.2) is 57.7 Å². The van der Waals surface area contributed by atoms with Crippen LogP contribution in [0.1, 0.15) is 5.56 Å². The Morgan fingerprint density at radius 2 is 2.00 bits per heavy atom. The highest BCUT2D eigenvalue weighted by atomic mass is 32.1. The van der Waals surface area contributed by atoms with Crippen molar-refractivity contribution >= 4 is 11.3 Å². The van der Waals surface area contributed by atoms with Crippen molar-refractivity contribution in [3.05, 3.63) is 42.2 Å². The van der Waals surface area contributed by atoms with Gasteiger partial charge in [-0.25, -0.2) is 4.98 Å². The van der Waals surface area contributed by atoms with Gasteiger partial charge in [-0.05, 0) is 12.5 Å². The van der Waals surface area contributed by atoms with Gasteiger partial charge in [-0.3, -0.25) is 9.58 Å². The molecule has 0 amide bonds. The van der Waals surface area contributed by atoms with Crippen molar-refractivity contribution in [1.29, 1.82) is 0 Å². The first-order valence-corrected chi connectivity index (χ1v) is 9.34. The van der Waals surface area contributed by atoms with Gasteiger partial charge in [0.1, 0.15) is 10.7 Å². The Morgan fingerprint density at radius 1 is 1.16 bits per heavy atom. The third-order valence-electron chi connectivity index (χ3n) is 4.42. The van der Waals surface area contributed by atoms with Gasteiger partial charge in [-0.2, -0.15) is 0 Å². The molecule has 25 heavy (non-hydrogen) atoms. The monoisotopic (exact) mass is 355 g/mol. The molecule has 1 aliphatic rings. The number of nitrogens with zero attached hydrogens (tertiary/aromatic N) is 5. The van der Waals surface area contributed by atoms with Gasteiger partial charge < -0.3 is 4.74 Å². The molecule has 130 valence electrons. The molecule has 4 rings (SSSR count). The smallest absolute Gasteiger partial charge is 0.124 e. The van der Waals surface area contributed by atoms with Crippen molar-refractivity contribution in [3.8, 4) is 21.1 Å². The van der Waals surface area contributed by atoms with Crippen LogP contribution in [0, 0.1) is 6.92 Å². The van der Waals surface area contributed by atoms with Crippen molar-refractivity contribution in [2.24, 2.45) is 0 Å². The molecule has 3 heterocycles. The summed E-state index contributed by atoms with van der Waals surface area (Å²) in [7, 11) is 0. The summed E-state index contributed by atoms with van der Waals surface area (Å²) in [6.45, 7) is 7.57. The highest BCUT2D eigenvalue weighted by molar-refractivity contribution is 7.18.